The first-order chi connectivity index (χ1) is 10.0. The van der Waals surface area contributed by atoms with E-state index >= 15 is 0 Å². The minimum Gasteiger partial charge on any atom is -0.465 e. The monoisotopic (exact) mass is 415 g/mol. The molecular weight excluding hydrogens is 405 g/mol. The molecule has 0 aliphatic rings. The molecule has 0 atom stereocenters. The van der Waals surface area contributed by atoms with Crippen molar-refractivity contribution in [2.75, 3.05) is 7.11 Å². The molecule has 2 rings (SSSR count). The van der Waals surface area contributed by atoms with Crippen LogP contribution in [0, 0.1) is 13.7 Å². The normalized spacial score (nSPS) is 10.2. The van der Waals surface area contributed by atoms with E-state index in [0.717, 1.165) is 9.79 Å². The zero-order valence-electron chi connectivity index (χ0n) is 10.9. The summed E-state index contributed by atoms with van der Waals surface area (Å²) in [5.41, 5.74) is 0.584. The zero-order chi connectivity index (χ0) is 15.4. The third-order valence-corrected chi connectivity index (χ3v) is 4.49. The number of methoxy groups -OCH3 is 1. The second-order valence-electron chi connectivity index (χ2n) is 3.99. The molecule has 7 heteroatoms. The van der Waals surface area contributed by atoms with E-state index < -0.39 is 4.92 Å². The van der Waals surface area contributed by atoms with Gasteiger partial charge >= 0.3 is 5.97 Å². The molecule has 0 aliphatic carbocycles. The molecule has 0 saturated heterocycles. The number of rotatable bonds is 4. The maximum Gasteiger partial charge on any atom is 0.337 e. The van der Waals surface area contributed by atoms with Crippen molar-refractivity contribution in [3.8, 4) is 0 Å². The largest absolute Gasteiger partial charge is 0.465 e. The first-order valence-corrected chi connectivity index (χ1v) is 7.71. The van der Waals surface area contributed by atoms with Crippen molar-refractivity contribution >= 4 is 46.0 Å². The van der Waals surface area contributed by atoms with E-state index in [2.05, 4.69) is 4.74 Å². The molecule has 0 saturated carbocycles. The molecule has 0 aliphatic heterocycles. The standard InChI is InChI=1S/C14H10INO4S/c1-20-14(17)9-2-4-10(5-3-9)21-11-6-7-13(16(18)19)12(15)8-11/h2-8H,1H3. The molecule has 0 bridgehead atoms. The van der Waals surface area contributed by atoms with Crippen molar-refractivity contribution in [3.05, 3.63) is 61.7 Å². The molecule has 2 aromatic rings. The molecule has 2 aromatic carbocycles. The first-order valence-electron chi connectivity index (χ1n) is 5.81. The van der Waals surface area contributed by atoms with Gasteiger partial charge in [-0.25, -0.2) is 4.79 Å². The Kier molecular flexibility index (Phi) is 5.18. The van der Waals surface area contributed by atoms with Crippen molar-refractivity contribution in [2.24, 2.45) is 0 Å². The fraction of sp³-hybridized carbons (Fsp3) is 0.0714. The van der Waals surface area contributed by atoms with Crippen LogP contribution in [0.5, 0.6) is 0 Å². The second-order valence-corrected chi connectivity index (χ2v) is 6.30. The maximum atomic E-state index is 11.3. The molecule has 0 heterocycles. The predicted octanol–water partition coefficient (Wildman–Crippen LogP) is 4.14. The van der Waals surface area contributed by atoms with Crippen molar-refractivity contribution < 1.29 is 14.5 Å². The Balaban J connectivity index is 2.17. The highest BCUT2D eigenvalue weighted by molar-refractivity contribution is 14.1. The van der Waals surface area contributed by atoms with Gasteiger partial charge < -0.3 is 4.74 Å². The summed E-state index contributed by atoms with van der Waals surface area (Å²) in [6.07, 6.45) is 0. The number of benzene rings is 2. The van der Waals surface area contributed by atoms with Crippen LogP contribution in [0.3, 0.4) is 0 Å². The lowest BCUT2D eigenvalue weighted by atomic mass is 10.2. The minimum absolute atomic E-state index is 0.0981. The van der Waals surface area contributed by atoms with Crippen LogP contribution in [0.25, 0.3) is 0 Å². The third kappa shape index (κ3) is 3.94. The molecular formula is C14H10INO4S. The molecule has 0 amide bonds. The van der Waals surface area contributed by atoms with Crippen molar-refractivity contribution in [3.63, 3.8) is 0 Å². The summed E-state index contributed by atoms with van der Waals surface area (Å²) in [5.74, 6) is -0.378. The van der Waals surface area contributed by atoms with Crippen LogP contribution >= 0.6 is 34.4 Å². The van der Waals surface area contributed by atoms with E-state index in [1.807, 2.05) is 34.7 Å². The van der Waals surface area contributed by atoms with Crippen LogP contribution in [0.1, 0.15) is 10.4 Å². The molecule has 0 unspecified atom stereocenters. The topological polar surface area (TPSA) is 69.4 Å². The number of esters is 1. The van der Waals surface area contributed by atoms with Gasteiger partial charge in [0.25, 0.3) is 5.69 Å². The lowest BCUT2D eigenvalue weighted by Crippen LogP contribution is -2.00. The summed E-state index contributed by atoms with van der Waals surface area (Å²) in [5, 5.41) is 10.8. The third-order valence-electron chi connectivity index (χ3n) is 2.63. The van der Waals surface area contributed by atoms with Gasteiger partial charge in [0, 0.05) is 15.9 Å². The number of halogens is 1. The molecule has 21 heavy (non-hydrogen) atoms. The molecule has 0 aromatic heterocycles. The van der Waals surface area contributed by atoms with Gasteiger partial charge in [-0.05, 0) is 59.0 Å². The number of nitro groups is 1. The average molecular weight is 415 g/mol. The number of nitro benzene ring substituents is 1. The van der Waals surface area contributed by atoms with Crippen LogP contribution in [-0.2, 0) is 4.74 Å². The Morgan fingerprint density at radius 3 is 2.33 bits per heavy atom. The zero-order valence-corrected chi connectivity index (χ0v) is 13.9. The minimum atomic E-state index is -0.401. The van der Waals surface area contributed by atoms with Crippen LogP contribution in [0.2, 0.25) is 0 Å². The summed E-state index contributed by atoms with van der Waals surface area (Å²) in [7, 11) is 1.34. The summed E-state index contributed by atoms with van der Waals surface area (Å²) in [4.78, 5) is 23.5. The quantitative estimate of drug-likeness (QED) is 0.325. The number of hydrogen-bond acceptors (Lipinski definition) is 5. The molecule has 5 nitrogen and oxygen atoms in total. The second kappa shape index (κ2) is 6.90. The first kappa shape index (κ1) is 15.8. The van der Waals surface area contributed by atoms with Gasteiger partial charge in [-0.3, -0.25) is 10.1 Å². The smallest absolute Gasteiger partial charge is 0.337 e. The summed E-state index contributed by atoms with van der Waals surface area (Å²) in [6.45, 7) is 0. The highest BCUT2D eigenvalue weighted by Gasteiger charge is 2.12. The molecule has 0 spiro atoms. The van der Waals surface area contributed by atoms with Gasteiger partial charge in [-0.1, -0.05) is 11.8 Å². The van der Waals surface area contributed by atoms with Crippen molar-refractivity contribution in [1.82, 2.24) is 0 Å². The Morgan fingerprint density at radius 2 is 1.81 bits per heavy atom. The highest BCUT2D eigenvalue weighted by Crippen LogP contribution is 2.32. The summed E-state index contributed by atoms with van der Waals surface area (Å²) >= 11 is 3.42. The van der Waals surface area contributed by atoms with Gasteiger partial charge in [0.05, 0.1) is 21.2 Å². The summed E-state index contributed by atoms with van der Waals surface area (Å²) < 4.78 is 5.23. The Labute approximate surface area is 139 Å². The maximum absolute atomic E-state index is 11.3. The number of carbonyl (C=O) groups is 1. The summed E-state index contributed by atoms with van der Waals surface area (Å²) in [6, 6.07) is 12.0. The molecule has 0 fully saturated rings. The number of ether oxygens (including phenoxy) is 1. The SMILES string of the molecule is COC(=O)c1ccc(Sc2ccc([N+](=O)[O-])c(I)c2)cc1. The van der Waals surface area contributed by atoms with Crippen LogP contribution in [-0.4, -0.2) is 18.0 Å². The van der Waals surface area contributed by atoms with Gasteiger partial charge in [0.1, 0.15) is 0 Å². The van der Waals surface area contributed by atoms with Crippen molar-refractivity contribution in [1.29, 1.82) is 0 Å². The van der Waals surface area contributed by atoms with E-state index in [9.17, 15) is 14.9 Å². The van der Waals surface area contributed by atoms with Gasteiger partial charge in [-0.2, -0.15) is 0 Å². The molecule has 0 radical (unpaired) electrons. The Hall–Kier alpha value is -1.61. The van der Waals surface area contributed by atoms with Gasteiger partial charge in [0.2, 0.25) is 0 Å². The Morgan fingerprint density at radius 1 is 1.19 bits per heavy atom. The van der Waals surface area contributed by atoms with Crippen LogP contribution in [0.15, 0.2) is 52.3 Å². The number of nitrogens with zero attached hydrogens (tertiary/aromatic N) is 1. The number of hydrogen-bond donors (Lipinski definition) is 0. The van der Waals surface area contributed by atoms with Crippen LogP contribution in [0.4, 0.5) is 5.69 Å². The fourth-order valence-electron chi connectivity index (χ4n) is 1.61. The van der Waals surface area contributed by atoms with Crippen LogP contribution < -0.4 is 0 Å². The fourth-order valence-corrected chi connectivity index (χ4v) is 3.39. The Bertz CT molecular complexity index is 688. The number of carbonyl (C=O) groups excluding carboxylic acids is 1. The van der Waals surface area contributed by atoms with E-state index in [4.69, 9.17) is 0 Å². The van der Waals surface area contributed by atoms with Gasteiger partial charge in [0.15, 0.2) is 0 Å². The lowest BCUT2D eigenvalue weighted by molar-refractivity contribution is -0.385. The van der Waals surface area contributed by atoms with Gasteiger partial charge in [-0.15, -0.1) is 0 Å². The van der Waals surface area contributed by atoms with E-state index in [1.165, 1.54) is 24.9 Å². The highest BCUT2D eigenvalue weighted by atomic mass is 127. The van der Waals surface area contributed by atoms with E-state index in [0.29, 0.717) is 9.13 Å². The van der Waals surface area contributed by atoms with E-state index in [-0.39, 0.29) is 11.7 Å². The lowest BCUT2D eigenvalue weighted by Gasteiger charge is -2.04. The molecule has 0 N–H and O–H groups in total. The molecule has 108 valence electrons. The van der Waals surface area contributed by atoms with E-state index in [1.54, 1.807) is 24.3 Å². The average Bonchev–Trinajstić information content (AvgIpc) is 2.47. The predicted molar refractivity (Wildman–Crippen MR) is 87.7 cm³/mol. The van der Waals surface area contributed by atoms with Crippen molar-refractivity contribution in [2.45, 2.75) is 9.79 Å².